The van der Waals surface area contributed by atoms with Crippen molar-refractivity contribution in [2.45, 2.75) is 11.4 Å². The first-order chi connectivity index (χ1) is 17.4. The van der Waals surface area contributed by atoms with Gasteiger partial charge in [0.15, 0.2) is 5.13 Å². The Bertz CT molecular complexity index is 1600. The summed E-state index contributed by atoms with van der Waals surface area (Å²) in [6.07, 6.45) is 1.55. The first-order valence-corrected chi connectivity index (χ1v) is 13.2. The van der Waals surface area contributed by atoms with E-state index >= 15 is 0 Å². The fraction of sp³-hybridized carbons (Fsp3) is 0.0769. The summed E-state index contributed by atoms with van der Waals surface area (Å²) in [4.78, 5) is 19.9. The molecule has 0 saturated carbocycles. The molecule has 0 unspecified atom stereocenters. The number of benzene rings is 3. The lowest BCUT2D eigenvalue weighted by atomic mass is 10.2. The Hall–Kier alpha value is -4.15. The number of hydrogen-bond donors (Lipinski definition) is 1. The summed E-state index contributed by atoms with van der Waals surface area (Å²) in [6.45, 7) is 0.186. The van der Waals surface area contributed by atoms with E-state index in [1.54, 1.807) is 72.9 Å². The van der Waals surface area contributed by atoms with Gasteiger partial charge < -0.3 is 9.15 Å². The maximum absolute atomic E-state index is 13.6. The van der Waals surface area contributed by atoms with Crippen LogP contribution in [-0.4, -0.2) is 26.4 Å². The Morgan fingerprint density at radius 3 is 2.50 bits per heavy atom. The van der Waals surface area contributed by atoms with Crippen LogP contribution in [0.3, 0.4) is 0 Å². The molecule has 5 rings (SSSR count). The first kappa shape index (κ1) is 23.6. The number of carbonyl (C=O) groups is 1. The zero-order valence-electron chi connectivity index (χ0n) is 19.1. The van der Waals surface area contributed by atoms with Crippen molar-refractivity contribution in [2.75, 3.05) is 16.7 Å². The molecule has 182 valence electrons. The van der Waals surface area contributed by atoms with Gasteiger partial charge in [0.25, 0.3) is 15.9 Å². The minimum absolute atomic E-state index is 0.155. The number of ether oxygens (including phenoxy) is 1. The summed E-state index contributed by atoms with van der Waals surface area (Å²) >= 11 is 1.37. The quantitative estimate of drug-likeness (QED) is 0.289. The van der Waals surface area contributed by atoms with E-state index < -0.39 is 10.0 Å². The van der Waals surface area contributed by atoms with Crippen molar-refractivity contribution in [3.8, 4) is 5.75 Å². The van der Waals surface area contributed by atoms with Crippen molar-refractivity contribution in [1.29, 1.82) is 0 Å². The summed E-state index contributed by atoms with van der Waals surface area (Å²) in [5, 5.41) is 0.508. The summed E-state index contributed by atoms with van der Waals surface area (Å²) in [7, 11) is -2.14. The predicted octanol–water partition coefficient (Wildman–Crippen LogP) is 5.55. The summed E-state index contributed by atoms with van der Waals surface area (Å²) in [5.74, 6) is 1.01. The number of nitrogens with zero attached hydrogens (tertiary/aromatic N) is 2. The van der Waals surface area contributed by atoms with Crippen LogP contribution < -0.4 is 14.4 Å². The van der Waals surface area contributed by atoms with Gasteiger partial charge in [-0.2, -0.15) is 0 Å². The van der Waals surface area contributed by atoms with E-state index in [0.717, 1.165) is 10.2 Å². The van der Waals surface area contributed by atoms with Gasteiger partial charge in [-0.3, -0.25) is 14.4 Å². The molecule has 0 atom stereocenters. The molecule has 1 N–H and O–H groups in total. The second-order valence-corrected chi connectivity index (χ2v) is 10.5. The van der Waals surface area contributed by atoms with Crippen molar-refractivity contribution >= 4 is 48.3 Å². The lowest BCUT2D eigenvalue weighted by Crippen LogP contribution is -2.30. The van der Waals surface area contributed by atoms with E-state index in [1.807, 2.05) is 18.2 Å². The highest BCUT2D eigenvalue weighted by atomic mass is 32.2. The monoisotopic (exact) mass is 519 g/mol. The predicted molar refractivity (Wildman–Crippen MR) is 139 cm³/mol. The van der Waals surface area contributed by atoms with E-state index in [0.29, 0.717) is 27.9 Å². The zero-order valence-corrected chi connectivity index (χ0v) is 20.8. The molecule has 0 fully saturated rings. The van der Waals surface area contributed by atoms with Crippen LogP contribution in [0.2, 0.25) is 0 Å². The lowest BCUT2D eigenvalue weighted by molar-refractivity contribution is 0.0983. The normalized spacial score (nSPS) is 11.4. The topological polar surface area (TPSA) is 102 Å². The fourth-order valence-corrected chi connectivity index (χ4v) is 5.64. The van der Waals surface area contributed by atoms with Crippen molar-refractivity contribution in [2.24, 2.45) is 0 Å². The molecule has 0 aliphatic heterocycles. The Labute approximate surface area is 211 Å². The summed E-state index contributed by atoms with van der Waals surface area (Å²) in [5.41, 5.74) is 1.47. The first-order valence-electron chi connectivity index (χ1n) is 10.9. The van der Waals surface area contributed by atoms with Crippen LogP contribution in [0, 0.1) is 0 Å². The van der Waals surface area contributed by atoms with Gasteiger partial charge >= 0.3 is 0 Å². The van der Waals surface area contributed by atoms with Crippen molar-refractivity contribution in [3.63, 3.8) is 0 Å². The highest BCUT2D eigenvalue weighted by Crippen LogP contribution is 2.33. The number of furan rings is 1. The molecule has 0 spiro atoms. The average Bonchev–Trinajstić information content (AvgIpc) is 3.57. The van der Waals surface area contributed by atoms with Crippen LogP contribution in [0.4, 0.5) is 10.8 Å². The summed E-state index contributed by atoms with van der Waals surface area (Å²) in [6, 6.07) is 23.4. The smallest absolute Gasteiger partial charge is 0.261 e. The number of nitrogens with one attached hydrogen (secondary N) is 1. The van der Waals surface area contributed by atoms with E-state index in [-0.39, 0.29) is 17.3 Å². The van der Waals surface area contributed by atoms with Crippen LogP contribution in [0.5, 0.6) is 5.75 Å². The van der Waals surface area contributed by atoms with Gasteiger partial charge in [0.05, 0.1) is 35.0 Å². The third kappa shape index (κ3) is 4.95. The SMILES string of the molecule is COc1ccc2nc(N(Cc3ccco3)C(=O)c3ccc(NS(=O)(=O)c4ccccc4)cc3)sc2c1. The molecule has 2 aromatic heterocycles. The molecule has 0 aliphatic rings. The molecular formula is C26H21N3O5S2. The number of fused-ring (bicyclic) bond motifs is 1. The number of aromatic nitrogens is 1. The third-order valence-corrected chi connectivity index (χ3v) is 7.83. The zero-order chi connectivity index (χ0) is 25.1. The van der Waals surface area contributed by atoms with Crippen LogP contribution in [-0.2, 0) is 16.6 Å². The fourth-order valence-electron chi connectivity index (χ4n) is 3.57. The maximum atomic E-state index is 13.6. The molecule has 36 heavy (non-hydrogen) atoms. The second kappa shape index (κ2) is 9.84. The molecule has 8 nitrogen and oxygen atoms in total. The molecule has 3 aromatic carbocycles. The van der Waals surface area contributed by atoms with Crippen LogP contribution in [0.25, 0.3) is 10.2 Å². The molecule has 5 aromatic rings. The molecule has 0 saturated heterocycles. The number of hydrogen-bond acceptors (Lipinski definition) is 7. The van der Waals surface area contributed by atoms with Crippen molar-refractivity contribution < 1.29 is 22.4 Å². The lowest BCUT2D eigenvalue weighted by Gasteiger charge is -2.19. The van der Waals surface area contributed by atoms with Gasteiger partial charge in [-0.15, -0.1) is 0 Å². The molecule has 2 heterocycles. The van der Waals surface area contributed by atoms with E-state index in [4.69, 9.17) is 9.15 Å². The largest absolute Gasteiger partial charge is 0.497 e. The molecule has 0 aliphatic carbocycles. The number of sulfonamides is 1. The Morgan fingerprint density at radius 1 is 1.03 bits per heavy atom. The van der Waals surface area contributed by atoms with Crippen LogP contribution >= 0.6 is 11.3 Å². The minimum Gasteiger partial charge on any atom is -0.497 e. The number of anilines is 2. The Kier molecular flexibility index (Phi) is 6.45. The highest BCUT2D eigenvalue weighted by Gasteiger charge is 2.23. The minimum atomic E-state index is -3.74. The average molecular weight is 520 g/mol. The second-order valence-electron chi connectivity index (χ2n) is 7.80. The molecule has 0 bridgehead atoms. The third-order valence-electron chi connectivity index (χ3n) is 5.39. The number of amides is 1. The summed E-state index contributed by atoms with van der Waals surface area (Å²) < 4.78 is 39.4. The molecule has 10 heteroatoms. The van der Waals surface area contributed by atoms with Gasteiger partial charge in [-0.1, -0.05) is 29.5 Å². The van der Waals surface area contributed by atoms with Gasteiger partial charge in [-0.05, 0) is 66.7 Å². The van der Waals surface area contributed by atoms with Crippen molar-refractivity contribution in [1.82, 2.24) is 4.98 Å². The highest BCUT2D eigenvalue weighted by molar-refractivity contribution is 7.92. The Balaban J connectivity index is 1.43. The van der Waals surface area contributed by atoms with E-state index in [9.17, 15) is 13.2 Å². The van der Waals surface area contributed by atoms with Gasteiger partial charge in [0, 0.05) is 11.3 Å². The number of thiazole rings is 1. The maximum Gasteiger partial charge on any atom is 0.261 e. The van der Waals surface area contributed by atoms with E-state index in [2.05, 4.69) is 9.71 Å². The molecule has 1 amide bonds. The van der Waals surface area contributed by atoms with Crippen molar-refractivity contribution in [3.05, 3.63) is 103 Å². The van der Waals surface area contributed by atoms with E-state index in [1.165, 1.54) is 23.5 Å². The van der Waals surface area contributed by atoms with Gasteiger partial charge in [0.2, 0.25) is 0 Å². The standard InChI is InChI=1S/C26H21N3O5S2/c1-33-20-13-14-23-24(16-20)35-26(27-23)29(17-21-6-5-15-34-21)25(30)18-9-11-19(12-10-18)28-36(31,32)22-7-3-2-4-8-22/h2-16,28H,17H2,1H3. The molecular weight excluding hydrogens is 498 g/mol. The number of methoxy groups -OCH3 is 1. The number of rotatable bonds is 8. The number of carbonyl (C=O) groups excluding carboxylic acids is 1. The molecule has 0 radical (unpaired) electrons. The van der Waals surface area contributed by atoms with Crippen LogP contribution in [0.15, 0.2) is 101 Å². The van der Waals surface area contributed by atoms with Gasteiger partial charge in [0.1, 0.15) is 11.5 Å². The Morgan fingerprint density at radius 2 is 1.81 bits per heavy atom. The van der Waals surface area contributed by atoms with Crippen LogP contribution in [0.1, 0.15) is 16.1 Å². The van der Waals surface area contributed by atoms with Gasteiger partial charge in [-0.25, -0.2) is 13.4 Å².